The van der Waals surface area contributed by atoms with Crippen LogP contribution in [0.3, 0.4) is 0 Å². The van der Waals surface area contributed by atoms with E-state index in [1.807, 2.05) is 24.3 Å². The molecule has 4 rings (SSSR count). The molecule has 166 valence electrons. The minimum Gasteiger partial charge on any atom is -0.368 e. The Morgan fingerprint density at radius 2 is 1.94 bits per heavy atom. The maximum Gasteiger partial charge on any atom is 0.256 e. The first-order valence-corrected chi connectivity index (χ1v) is 10.7. The van der Waals surface area contributed by atoms with Crippen LogP contribution in [0.25, 0.3) is 5.82 Å². The lowest BCUT2D eigenvalue weighted by Gasteiger charge is -2.13. The average molecular weight is 434 g/mol. The van der Waals surface area contributed by atoms with Crippen LogP contribution in [-0.2, 0) is 14.9 Å². The molecule has 1 aliphatic heterocycles. The van der Waals surface area contributed by atoms with Gasteiger partial charge in [0.2, 0.25) is 0 Å². The van der Waals surface area contributed by atoms with Crippen molar-refractivity contribution in [2.24, 2.45) is 0 Å². The second-order valence-corrected chi connectivity index (χ2v) is 8.79. The highest BCUT2D eigenvalue weighted by atomic mass is 16.5. The van der Waals surface area contributed by atoms with Crippen molar-refractivity contribution in [3.8, 4) is 5.82 Å². The number of hydrogen-bond acceptors (Lipinski definition) is 5. The number of carbonyl (C=O) groups excluding carboxylic acids is 2. The number of carbonyl (C=O) groups is 2. The molecule has 0 bridgehead atoms. The molecule has 1 fully saturated rings. The molecule has 3 heterocycles. The van der Waals surface area contributed by atoms with E-state index in [4.69, 9.17) is 4.74 Å². The Balaban J connectivity index is 1.56. The molecule has 8 heteroatoms. The second-order valence-electron chi connectivity index (χ2n) is 8.79. The Hall–Kier alpha value is -3.52. The molecule has 0 radical (unpaired) electrons. The zero-order valence-corrected chi connectivity index (χ0v) is 18.5. The van der Waals surface area contributed by atoms with Crippen molar-refractivity contribution in [3.63, 3.8) is 0 Å². The van der Waals surface area contributed by atoms with Crippen LogP contribution in [0.4, 0.5) is 11.5 Å². The van der Waals surface area contributed by atoms with Crippen molar-refractivity contribution in [1.29, 1.82) is 0 Å². The number of nitrogens with zero attached hydrogens (tertiary/aromatic N) is 3. The predicted molar refractivity (Wildman–Crippen MR) is 122 cm³/mol. The standard InChI is InChI=1S/C24H27N5O3/c1-24(2,3)19-15-21(29(28-19)20-11-4-5-12-25-20)27-22(30)16-8-6-9-17(14-16)26-23(31)18-10-7-13-32-18/h4-6,8-9,11-12,14-15,18H,7,10,13H2,1-3H3,(H,26,31)(H,27,30). The summed E-state index contributed by atoms with van der Waals surface area (Å²) in [5.41, 5.74) is 1.59. The van der Waals surface area contributed by atoms with Gasteiger partial charge in [0.25, 0.3) is 11.8 Å². The molecule has 1 atom stereocenters. The third kappa shape index (κ3) is 4.86. The molecular weight excluding hydrogens is 406 g/mol. The van der Waals surface area contributed by atoms with Crippen molar-refractivity contribution in [3.05, 3.63) is 66.0 Å². The summed E-state index contributed by atoms with van der Waals surface area (Å²) in [5.74, 6) is 0.627. The first kappa shape index (κ1) is 21.7. The van der Waals surface area contributed by atoms with Gasteiger partial charge in [0, 0.05) is 35.5 Å². The highest BCUT2D eigenvalue weighted by Crippen LogP contribution is 2.26. The zero-order valence-electron chi connectivity index (χ0n) is 18.5. The predicted octanol–water partition coefficient (Wildman–Crippen LogP) is 3.93. The van der Waals surface area contributed by atoms with Gasteiger partial charge >= 0.3 is 0 Å². The molecule has 32 heavy (non-hydrogen) atoms. The summed E-state index contributed by atoms with van der Waals surface area (Å²) in [5, 5.41) is 10.4. The van der Waals surface area contributed by atoms with Gasteiger partial charge < -0.3 is 15.4 Å². The van der Waals surface area contributed by atoms with E-state index in [9.17, 15) is 9.59 Å². The fourth-order valence-corrected chi connectivity index (χ4v) is 3.42. The number of rotatable bonds is 5. The van der Waals surface area contributed by atoms with E-state index in [0.29, 0.717) is 35.9 Å². The van der Waals surface area contributed by atoms with Gasteiger partial charge in [-0.25, -0.2) is 4.98 Å². The second kappa shape index (κ2) is 8.92. The Bertz CT molecular complexity index is 1110. The van der Waals surface area contributed by atoms with Crippen LogP contribution < -0.4 is 10.6 Å². The van der Waals surface area contributed by atoms with Crippen LogP contribution in [0.2, 0.25) is 0 Å². The van der Waals surface area contributed by atoms with Crippen LogP contribution in [0.5, 0.6) is 0 Å². The van der Waals surface area contributed by atoms with Crippen molar-refractivity contribution in [1.82, 2.24) is 14.8 Å². The maximum atomic E-state index is 13.0. The van der Waals surface area contributed by atoms with E-state index in [0.717, 1.165) is 12.1 Å². The van der Waals surface area contributed by atoms with E-state index in [2.05, 4.69) is 41.5 Å². The van der Waals surface area contributed by atoms with Crippen molar-refractivity contribution < 1.29 is 14.3 Å². The summed E-state index contributed by atoms with van der Waals surface area (Å²) in [6.07, 6.45) is 2.83. The van der Waals surface area contributed by atoms with Gasteiger partial charge in [-0.2, -0.15) is 9.78 Å². The minimum absolute atomic E-state index is 0.192. The first-order valence-electron chi connectivity index (χ1n) is 10.7. The number of pyridine rings is 1. The molecule has 0 saturated carbocycles. The van der Waals surface area contributed by atoms with Gasteiger partial charge in [-0.1, -0.05) is 32.9 Å². The quantitative estimate of drug-likeness (QED) is 0.635. The van der Waals surface area contributed by atoms with Crippen LogP contribution in [0.15, 0.2) is 54.7 Å². The minimum atomic E-state index is -0.434. The number of ether oxygens (including phenoxy) is 1. The number of hydrogen-bond donors (Lipinski definition) is 2. The van der Waals surface area contributed by atoms with Crippen LogP contribution >= 0.6 is 0 Å². The number of benzene rings is 1. The van der Waals surface area contributed by atoms with Gasteiger partial charge in [0.05, 0.1) is 5.69 Å². The topological polar surface area (TPSA) is 98.1 Å². The molecule has 0 aliphatic carbocycles. The number of nitrogens with one attached hydrogen (secondary N) is 2. The van der Waals surface area contributed by atoms with E-state index in [-0.39, 0.29) is 17.2 Å². The lowest BCUT2D eigenvalue weighted by Crippen LogP contribution is -2.27. The molecule has 0 spiro atoms. The third-order valence-electron chi connectivity index (χ3n) is 5.20. The fraction of sp³-hybridized carbons (Fsp3) is 0.333. The summed E-state index contributed by atoms with van der Waals surface area (Å²) in [6, 6.07) is 14.2. The molecule has 2 amide bonds. The van der Waals surface area contributed by atoms with Gasteiger partial charge in [0.15, 0.2) is 5.82 Å². The van der Waals surface area contributed by atoms with Crippen LogP contribution in [0.1, 0.15) is 49.7 Å². The normalized spacial score (nSPS) is 16.0. The third-order valence-corrected chi connectivity index (χ3v) is 5.20. The first-order chi connectivity index (χ1) is 15.3. The SMILES string of the molecule is CC(C)(C)c1cc(NC(=O)c2cccc(NC(=O)C3CCCO3)c2)n(-c2ccccn2)n1. The summed E-state index contributed by atoms with van der Waals surface area (Å²) < 4.78 is 7.05. The zero-order chi connectivity index (χ0) is 22.7. The van der Waals surface area contributed by atoms with E-state index >= 15 is 0 Å². The Labute approximate surface area is 187 Å². The van der Waals surface area contributed by atoms with Gasteiger partial charge in [-0.3, -0.25) is 9.59 Å². The molecule has 2 aromatic heterocycles. The Morgan fingerprint density at radius 3 is 2.62 bits per heavy atom. The van der Waals surface area contributed by atoms with Crippen molar-refractivity contribution in [2.75, 3.05) is 17.2 Å². The van der Waals surface area contributed by atoms with E-state index < -0.39 is 6.10 Å². The average Bonchev–Trinajstić information content (AvgIpc) is 3.45. The molecule has 1 aromatic carbocycles. The fourth-order valence-electron chi connectivity index (χ4n) is 3.42. The summed E-state index contributed by atoms with van der Waals surface area (Å²) in [7, 11) is 0. The van der Waals surface area contributed by atoms with Crippen molar-refractivity contribution >= 4 is 23.3 Å². The molecule has 8 nitrogen and oxygen atoms in total. The van der Waals surface area contributed by atoms with Crippen LogP contribution in [-0.4, -0.2) is 39.3 Å². The summed E-state index contributed by atoms with van der Waals surface area (Å²) in [6.45, 7) is 6.78. The molecule has 3 aromatic rings. The lowest BCUT2D eigenvalue weighted by atomic mass is 9.92. The Morgan fingerprint density at radius 1 is 1.09 bits per heavy atom. The number of aromatic nitrogens is 3. The molecule has 1 aliphatic rings. The highest BCUT2D eigenvalue weighted by Gasteiger charge is 2.24. The summed E-state index contributed by atoms with van der Waals surface area (Å²) in [4.78, 5) is 29.7. The molecular formula is C24H27N5O3. The molecule has 1 saturated heterocycles. The van der Waals surface area contributed by atoms with Gasteiger partial charge in [0.1, 0.15) is 11.9 Å². The lowest BCUT2D eigenvalue weighted by molar-refractivity contribution is -0.124. The summed E-state index contributed by atoms with van der Waals surface area (Å²) >= 11 is 0. The molecule has 2 N–H and O–H groups in total. The van der Waals surface area contributed by atoms with E-state index in [1.54, 1.807) is 35.1 Å². The number of amides is 2. The number of anilines is 2. The van der Waals surface area contributed by atoms with E-state index in [1.165, 1.54) is 0 Å². The smallest absolute Gasteiger partial charge is 0.256 e. The van der Waals surface area contributed by atoms with Crippen LogP contribution in [0, 0.1) is 0 Å². The van der Waals surface area contributed by atoms with Gasteiger partial charge in [-0.05, 0) is 43.2 Å². The Kier molecular flexibility index (Phi) is 6.05. The largest absolute Gasteiger partial charge is 0.368 e. The molecule has 1 unspecified atom stereocenters. The maximum absolute atomic E-state index is 13.0. The van der Waals surface area contributed by atoms with Crippen molar-refractivity contribution in [2.45, 2.75) is 45.1 Å². The highest BCUT2D eigenvalue weighted by molar-refractivity contribution is 6.05. The van der Waals surface area contributed by atoms with Gasteiger partial charge in [-0.15, -0.1) is 0 Å². The monoisotopic (exact) mass is 433 g/mol.